The molecule has 0 atom stereocenters. The maximum absolute atomic E-state index is 3.71. The van der Waals surface area contributed by atoms with E-state index in [4.69, 9.17) is 0 Å². The molecule has 1 aliphatic heterocycles. The Balaban J connectivity index is 1.81. The first kappa shape index (κ1) is 10.2. The van der Waals surface area contributed by atoms with Crippen molar-refractivity contribution in [1.82, 2.24) is 10.6 Å². The van der Waals surface area contributed by atoms with E-state index in [1.165, 1.54) is 38.5 Å². The first-order valence-electron chi connectivity index (χ1n) is 5.21. The molecule has 2 nitrogen and oxygen atoms in total. The van der Waals surface area contributed by atoms with Crippen LogP contribution in [-0.2, 0) is 0 Å². The molecule has 0 aromatic heterocycles. The van der Waals surface area contributed by atoms with Gasteiger partial charge in [-0.25, -0.2) is 0 Å². The summed E-state index contributed by atoms with van der Waals surface area (Å²) in [5.41, 5.74) is 0. The Morgan fingerprint density at radius 1 is 1.08 bits per heavy atom. The highest BCUT2D eigenvalue weighted by Gasteiger charge is 2.05. The molecule has 1 aliphatic rings. The lowest BCUT2D eigenvalue weighted by atomic mass is 10.1. The smallest absolute Gasteiger partial charge is 0.0955 e. The zero-order valence-corrected chi connectivity index (χ0v) is 8.26. The van der Waals surface area contributed by atoms with Gasteiger partial charge in [-0.05, 0) is 25.7 Å². The van der Waals surface area contributed by atoms with Crippen LogP contribution in [0.5, 0.6) is 0 Å². The maximum Gasteiger partial charge on any atom is 0.0955 e. The lowest BCUT2D eigenvalue weighted by molar-refractivity contribution is 0.487. The van der Waals surface area contributed by atoms with E-state index < -0.39 is 0 Å². The predicted molar refractivity (Wildman–Crippen MR) is 57.1 cm³/mol. The molecule has 0 bridgehead atoms. The quantitative estimate of drug-likeness (QED) is 0.464. The zero-order valence-electron chi connectivity index (χ0n) is 8.26. The van der Waals surface area contributed by atoms with E-state index in [2.05, 4.69) is 17.2 Å². The van der Waals surface area contributed by atoms with E-state index in [-0.39, 0.29) is 0 Å². The average Bonchev–Trinajstić information content (AvgIpc) is 2.63. The van der Waals surface area contributed by atoms with Crippen molar-refractivity contribution in [2.75, 3.05) is 0 Å². The monoisotopic (exact) mass is 180 g/mol. The van der Waals surface area contributed by atoms with Crippen molar-refractivity contribution < 1.29 is 0 Å². The fourth-order valence-corrected chi connectivity index (χ4v) is 1.53. The van der Waals surface area contributed by atoms with E-state index in [0.29, 0.717) is 6.17 Å². The number of rotatable bonds is 7. The van der Waals surface area contributed by atoms with Gasteiger partial charge >= 0.3 is 0 Å². The van der Waals surface area contributed by atoms with E-state index in [9.17, 15) is 0 Å². The molecule has 74 valence electrons. The van der Waals surface area contributed by atoms with Gasteiger partial charge in [-0.2, -0.15) is 0 Å². The third-order valence-corrected chi connectivity index (χ3v) is 2.33. The first-order valence-corrected chi connectivity index (χ1v) is 5.21. The molecule has 0 fully saturated rings. The largest absolute Gasteiger partial charge is 0.370 e. The molecule has 0 spiro atoms. The van der Waals surface area contributed by atoms with Crippen molar-refractivity contribution in [1.29, 1.82) is 0 Å². The molecule has 0 aromatic carbocycles. The number of hydrogen-bond acceptors (Lipinski definition) is 2. The van der Waals surface area contributed by atoms with Gasteiger partial charge in [0.15, 0.2) is 0 Å². The van der Waals surface area contributed by atoms with Gasteiger partial charge in [0.1, 0.15) is 0 Å². The first-order chi connectivity index (χ1) is 6.43. The van der Waals surface area contributed by atoms with Gasteiger partial charge in [0.05, 0.1) is 6.17 Å². The van der Waals surface area contributed by atoms with E-state index >= 15 is 0 Å². The van der Waals surface area contributed by atoms with Gasteiger partial charge in [0.2, 0.25) is 0 Å². The molecule has 2 N–H and O–H groups in total. The number of unbranched alkanes of at least 4 members (excludes halogenated alkanes) is 4. The summed E-state index contributed by atoms with van der Waals surface area (Å²) in [6.45, 7) is 3.71. The van der Waals surface area contributed by atoms with Crippen molar-refractivity contribution in [3.63, 3.8) is 0 Å². The second kappa shape index (κ2) is 6.58. The van der Waals surface area contributed by atoms with Crippen molar-refractivity contribution >= 4 is 0 Å². The van der Waals surface area contributed by atoms with Crippen LogP contribution in [0.2, 0.25) is 0 Å². The van der Waals surface area contributed by atoms with Crippen LogP contribution in [0, 0.1) is 0 Å². The van der Waals surface area contributed by atoms with E-state index in [1.807, 2.05) is 18.5 Å². The molecule has 0 saturated carbocycles. The molecule has 0 radical (unpaired) electrons. The highest BCUT2D eigenvalue weighted by molar-refractivity contribution is 4.90. The van der Waals surface area contributed by atoms with Crippen LogP contribution in [0.4, 0.5) is 0 Å². The second-order valence-electron chi connectivity index (χ2n) is 3.50. The number of hydrogen-bond donors (Lipinski definition) is 2. The van der Waals surface area contributed by atoms with Crippen LogP contribution in [0.1, 0.15) is 38.5 Å². The van der Waals surface area contributed by atoms with Crippen molar-refractivity contribution in [2.45, 2.75) is 44.7 Å². The van der Waals surface area contributed by atoms with Crippen molar-refractivity contribution in [3.05, 3.63) is 25.1 Å². The average molecular weight is 180 g/mol. The summed E-state index contributed by atoms with van der Waals surface area (Å²) in [6.07, 6.45) is 14.1. The topological polar surface area (TPSA) is 24.1 Å². The second-order valence-corrected chi connectivity index (χ2v) is 3.50. The van der Waals surface area contributed by atoms with Gasteiger partial charge in [-0.3, -0.25) is 0 Å². The molecule has 13 heavy (non-hydrogen) atoms. The van der Waals surface area contributed by atoms with E-state index in [0.717, 1.165) is 0 Å². The Kier molecular flexibility index (Phi) is 5.14. The Morgan fingerprint density at radius 2 is 1.77 bits per heavy atom. The Morgan fingerprint density at radius 3 is 2.46 bits per heavy atom. The third kappa shape index (κ3) is 4.61. The molecule has 0 aliphatic carbocycles. The highest BCUT2D eigenvalue weighted by atomic mass is 15.1. The molecule has 0 amide bonds. The summed E-state index contributed by atoms with van der Waals surface area (Å²) in [5.74, 6) is 0. The Hall–Kier alpha value is -0.920. The molecule has 0 aromatic rings. The molecule has 1 rings (SSSR count). The summed E-state index contributed by atoms with van der Waals surface area (Å²) in [7, 11) is 0. The number of allylic oxidation sites excluding steroid dienone is 1. The SMILES string of the molecule is C=CCCCCCCC1NC=CN1. The van der Waals surface area contributed by atoms with Crippen molar-refractivity contribution in [3.8, 4) is 0 Å². The molecular weight excluding hydrogens is 160 g/mol. The summed E-state index contributed by atoms with van der Waals surface area (Å²) in [6, 6.07) is 0. The van der Waals surface area contributed by atoms with Gasteiger partial charge < -0.3 is 10.6 Å². The minimum atomic E-state index is 0.486. The van der Waals surface area contributed by atoms with Gasteiger partial charge in [-0.15, -0.1) is 6.58 Å². The van der Waals surface area contributed by atoms with Gasteiger partial charge in [-0.1, -0.05) is 18.9 Å². The van der Waals surface area contributed by atoms with Crippen LogP contribution in [-0.4, -0.2) is 6.17 Å². The summed E-state index contributed by atoms with van der Waals surface area (Å²) in [5, 5.41) is 6.50. The van der Waals surface area contributed by atoms with Crippen LogP contribution >= 0.6 is 0 Å². The minimum absolute atomic E-state index is 0.486. The van der Waals surface area contributed by atoms with Gasteiger partial charge in [0, 0.05) is 12.4 Å². The Bertz CT molecular complexity index is 155. The molecule has 1 heterocycles. The zero-order chi connectivity index (χ0) is 9.36. The molecule has 2 heteroatoms. The third-order valence-electron chi connectivity index (χ3n) is 2.33. The molecular formula is C11H20N2. The number of nitrogens with one attached hydrogen (secondary N) is 2. The molecule has 0 unspecified atom stereocenters. The van der Waals surface area contributed by atoms with Gasteiger partial charge in [0.25, 0.3) is 0 Å². The predicted octanol–water partition coefficient (Wildman–Crippen LogP) is 2.50. The van der Waals surface area contributed by atoms with Crippen LogP contribution in [0.25, 0.3) is 0 Å². The van der Waals surface area contributed by atoms with Crippen LogP contribution in [0.15, 0.2) is 25.1 Å². The fraction of sp³-hybridized carbons (Fsp3) is 0.636. The standard InChI is InChI=1S/C11H20N2/c1-2-3-4-5-6-7-8-11-12-9-10-13-11/h2,9-13H,1,3-8H2. The lowest BCUT2D eigenvalue weighted by Gasteiger charge is -2.11. The fourth-order valence-electron chi connectivity index (χ4n) is 1.53. The van der Waals surface area contributed by atoms with Crippen LogP contribution in [0.3, 0.4) is 0 Å². The normalized spacial score (nSPS) is 15.4. The molecule has 0 saturated heterocycles. The maximum atomic E-state index is 3.71. The summed E-state index contributed by atoms with van der Waals surface area (Å²) < 4.78 is 0. The summed E-state index contributed by atoms with van der Waals surface area (Å²) >= 11 is 0. The van der Waals surface area contributed by atoms with Crippen molar-refractivity contribution in [2.24, 2.45) is 0 Å². The highest BCUT2D eigenvalue weighted by Crippen LogP contribution is 2.07. The summed E-state index contributed by atoms with van der Waals surface area (Å²) in [4.78, 5) is 0. The Labute approximate surface area is 81.1 Å². The lowest BCUT2D eigenvalue weighted by Crippen LogP contribution is -2.30. The minimum Gasteiger partial charge on any atom is -0.370 e. The van der Waals surface area contributed by atoms with Crippen LogP contribution < -0.4 is 10.6 Å². The van der Waals surface area contributed by atoms with E-state index in [1.54, 1.807) is 0 Å².